The fourth-order valence-electron chi connectivity index (χ4n) is 3.54. The van der Waals surface area contributed by atoms with E-state index in [1.54, 1.807) is 7.11 Å². The number of fused-ring (bicyclic) bond motifs is 2. The first-order valence-corrected chi connectivity index (χ1v) is 9.09. The van der Waals surface area contributed by atoms with Gasteiger partial charge in [0.1, 0.15) is 11.6 Å². The number of hydrogen-bond donors (Lipinski definition) is 1. The molecule has 1 N–H and O–H groups in total. The Bertz CT molecular complexity index is 842. The lowest BCUT2D eigenvalue weighted by molar-refractivity contribution is 0.400. The molecule has 0 radical (unpaired) electrons. The van der Waals surface area contributed by atoms with E-state index >= 15 is 0 Å². The Morgan fingerprint density at radius 2 is 2.28 bits per heavy atom. The molecule has 5 nitrogen and oxygen atoms in total. The summed E-state index contributed by atoms with van der Waals surface area (Å²) in [6.45, 7) is 4.13. The van der Waals surface area contributed by atoms with Crippen molar-refractivity contribution >= 4 is 11.0 Å². The van der Waals surface area contributed by atoms with Gasteiger partial charge in [0.15, 0.2) is 11.3 Å². The van der Waals surface area contributed by atoms with Crippen molar-refractivity contribution in [2.24, 2.45) is 0 Å². The number of hydrogen-bond acceptors (Lipinski definition) is 4. The van der Waals surface area contributed by atoms with Crippen LogP contribution in [0.3, 0.4) is 0 Å². The minimum Gasteiger partial charge on any atom is -0.493 e. The summed E-state index contributed by atoms with van der Waals surface area (Å²) < 4.78 is 13.7. The van der Waals surface area contributed by atoms with Crippen LogP contribution in [0.2, 0.25) is 0 Å². The molecule has 132 valence electrons. The van der Waals surface area contributed by atoms with E-state index in [-0.39, 0.29) is 6.04 Å². The largest absolute Gasteiger partial charge is 0.493 e. The average molecular weight is 339 g/mol. The van der Waals surface area contributed by atoms with Crippen LogP contribution in [0.15, 0.2) is 34.9 Å². The van der Waals surface area contributed by atoms with E-state index in [9.17, 15) is 0 Å². The van der Waals surface area contributed by atoms with Crippen LogP contribution in [-0.2, 0) is 19.4 Å². The summed E-state index contributed by atoms with van der Waals surface area (Å²) in [7, 11) is 1.67. The van der Waals surface area contributed by atoms with Gasteiger partial charge in [0.2, 0.25) is 0 Å². The molecule has 3 aromatic rings. The maximum Gasteiger partial charge on any atom is 0.176 e. The Kier molecular flexibility index (Phi) is 4.49. The van der Waals surface area contributed by atoms with Gasteiger partial charge in [-0.05, 0) is 31.9 Å². The first-order chi connectivity index (χ1) is 12.2. The summed E-state index contributed by atoms with van der Waals surface area (Å²) in [5, 5.41) is 4.62. The van der Waals surface area contributed by atoms with Gasteiger partial charge in [0, 0.05) is 37.5 Å². The molecule has 5 heteroatoms. The Morgan fingerprint density at radius 1 is 1.36 bits per heavy atom. The Hall–Kier alpha value is -2.27. The van der Waals surface area contributed by atoms with Gasteiger partial charge in [-0.3, -0.25) is 0 Å². The van der Waals surface area contributed by atoms with Crippen molar-refractivity contribution in [2.75, 3.05) is 13.7 Å². The summed E-state index contributed by atoms with van der Waals surface area (Å²) in [4.78, 5) is 4.76. The van der Waals surface area contributed by atoms with Gasteiger partial charge in [0.25, 0.3) is 0 Å². The first kappa shape index (κ1) is 16.2. The van der Waals surface area contributed by atoms with Gasteiger partial charge >= 0.3 is 0 Å². The SMILES string of the molecule is COc1cccc2cc(C(C)NCCc3cn4c(n3)CCCC4)oc12. The molecule has 4 rings (SSSR count). The van der Waals surface area contributed by atoms with Crippen LogP contribution >= 0.6 is 0 Å². The van der Waals surface area contributed by atoms with Crippen molar-refractivity contribution in [3.8, 4) is 5.75 Å². The van der Waals surface area contributed by atoms with Crippen molar-refractivity contribution in [1.82, 2.24) is 14.9 Å². The van der Waals surface area contributed by atoms with Crippen molar-refractivity contribution < 1.29 is 9.15 Å². The van der Waals surface area contributed by atoms with E-state index in [4.69, 9.17) is 14.1 Å². The zero-order chi connectivity index (χ0) is 17.2. The van der Waals surface area contributed by atoms with Gasteiger partial charge < -0.3 is 19.0 Å². The molecular weight excluding hydrogens is 314 g/mol. The highest BCUT2D eigenvalue weighted by atomic mass is 16.5. The zero-order valence-corrected chi connectivity index (χ0v) is 14.9. The lowest BCUT2D eigenvalue weighted by Gasteiger charge is -2.11. The lowest BCUT2D eigenvalue weighted by atomic mass is 10.2. The van der Waals surface area contributed by atoms with Crippen LogP contribution in [0.25, 0.3) is 11.0 Å². The maximum absolute atomic E-state index is 6.01. The van der Waals surface area contributed by atoms with Crippen molar-refractivity contribution in [3.63, 3.8) is 0 Å². The third-order valence-corrected chi connectivity index (χ3v) is 4.96. The highest BCUT2D eigenvalue weighted by Gasteiger charge is 2.15. The summed E-state index contributed by atoms with van der Waals surface area (Å²) >= 11 is 0. The molecule has 1 aromatic carbocycles. The Balaban J connectivity index is 1.39. The molecule has 0 bridgehead atoms. The number of imidazole rings is 1. The molecule has 1 unspecified atom stereocenters. The second-order valence-corrected chi connectivity index (χ2v) is 6.75. The number of ether oxygens (including phenoxy) is 1. The minimum absolute atomic E-state index is 0.148. The molecule has 0 saturated carbocycles. The predicted molar refractivity (Wildman–Crippen MR) is 98.1 cm³/mol. The van der Waals surface area contributed by atoms with Crippen molar-refractivity contribution in [3.05, 3.63) is 47.7 Å². The second-order valence-electron chi connectivity index (χ2n) is 6.75. The Morgan fingerprint density at radius 3 is 3.12 bits per heavy atom. The monoisotopic (exact) mass is 339 g/mol. The van der Waals surface area contributed by atoms with Crippen LogP contribution in [0.1, 0.15) is 43.1 Å². The zero-order valence-electron chi connectivity index (χ0n) is 14.9. The number of nitrogens with one attached hydrogen (secondary N) is 1. The van der Waals surface area contributed by atoms with Gasteiger partial charge in [-0.2, -0.15) is 0 Å². The third-order valence-electron chi connectivity index (χ3n) is 4.96. The van der Waals surface area contributed by atoms with Crippen molar-refractivity contribution in [2.45, 2.75) is 45.2 Å². The van der Waals surface area contributed by atoms with E-state index < -0.39 is 0 Å². The molecule has 0 fully saturated rings. The molecule has 0 amide bonds. The lowest BCUT2D eigenvalue weighted by Crippen LogP contribution is -2.21. The number of methoxy groups -OCH3 is 1. The van der Waals surface area contributed by atoms with Crippen LogP contribution < -0.4 is 10.1 Å². The third kappa shape index (κ3) is 3.29. The number of rotatable bonds is 6. The molecule has 0 aliphatic carbocycles. The number of aromatic nitrogens is 2. The van der Waals surface area contributed by atoms with Crippen LogP contribution in [0.5, 0.6) is 5.75 Å². The Labute approximate surface area is 148 Å². The fraction of sp³-hybridized carbons (Fsp3) is 0.450. The standard InChI is InChI=1S/C20H25N3O2/c1-14(18-12-15-6-5-7-17(24-2)20(15)25-18)21-10-9-16-13-23-11-4-3-8-19(23)22-16/h5-7,12-14,21H,3-4,8-11H2,1-2H3. The van der Waals surface area contributed by atoms with Gasteiger partial charge in [-0.15, -0.1) is 0 Å². The number of nitrogens with zero attached hydrogens (tertiary/aromatic N) is 2. The summed E-state index contributed by atoms with van der Waals surface area (Å²) in [5.74, 6) is 2.96. The van der Waals surface area contributed by atoms with Gasteiger partial charge in [-0.25, -0.2) is 4.98 Å². The normalized spacial score (nSPS) is 15.3. The number of benzene rings is 1. The quantitative estimate of drug-likeness (QED) is 0.741. The molecule has 1 atom stereocenters. The van der Waals surface area contributed by atoms with E-state index in [0.717, 1.165) is 48.4 Å². The molecule has 25 heavy (non-hydrogen) atoms. The molecule has 0 saturated heterocycles. The van der Waals surface area contributed by atoms with E-state index in [1.165, 1.54) is 24.4 Å². The summed E-state index contributed by atoms with van der Waals surface area (Å²) in [6, 6.07) is 8.19. The highest BCUT2D eigenvalue weighted by molar-refractivity contribution is 5.83. The summed E-state index contributed by atoms with van der Waals surface area (Å²) in [5.41, 5.74) is 2.00. The van der Waals surface area contributed by atoms with Crippen LogP contribution in [0, 0.1) is 0 Å². The number of furan rings is 1. The topological polar surface area (TPSA) is 52.2 Å². The molecule has 0 spiro atoms. The van der Waals surface area contributed by atoms with E-state index in [2.05, 4.69) is 29.1 Å². The smallest absolute Gasteiger partial charge is 0.176 e. The molecule has 1 aliphatic heterocycles. The fourth-order valence-corrected chi connectivity index (χ4v) is 3.54. The predicted octanol–water partition coefficient (Wildman–Crippen LogP) is 3.87. The summed E-state index contributed by atoms with van der Waals surface area (Å²) in [6.07, 6.45) is 6.81. The highest BCUT2D eigenvalue weighted by Crippen LogP contribution is 2.30. The van der Waals surface area contributed by atoms with Gasteiger partial charge in [0.05, 0.1) is 18.8 Å². The number of aryl methyl sites for hydroxylation is 2. The first-order valence-electron chi connectivity index (χ1n) is 9.09. The van der Waals surface area contributed by atoms with E-state index in [1.807, 2.05) is 18.2 Å². The van der Waals surface area contributed by atoms with Crippen LogP contribution in [0.4, 0.5) is 0 Å². The maximum atomic E-state index is 6.01. The molecule has 2 aromatic heterocycles. The van der Waals surface area contributed by atoms with Gasteiger partial charge in [-0.1, -0.05) is 12.1 Å². The molecular formula is C20H25N3O2. The minimum atomic E-state index is 0.148. The molecule has 3 heterocycles. The number of para-hydroxylation sites is 1. The second kappa shape index (κ2) is 6.92. The van der Waals surface area contributed by atoms with Crippen LogP contribution in [-0.4, -0.2) is 23.2 Å². The van der Waals surface area contributed by atoms with E-state index in [0.29, 0.717) is 0 Å². The average Bonchev–Trinajstić information content (AvgIpc) is 3.24. The van der Waals surface area contributed by atoms with Crippen molar-refractivity contribution in [1.29, 1.82) is 0 Å². The molecule has 1 aliphatic rings.